The van der Waals surface area contributed by atoms with E-state index in [-0.39, 0.29) is 6.10 Å². The van der Waals surface area contributed by atoms with Crippen molar-refractivity contribution in [3.8, 4) is 5.75 Å². The highest BCUT2D eigenvalue weighted by molar-refractivity contribution is 5.48. The molecule has 0 saturated carbocycles. The van der Waals surface area contributed by atoms with Crippen molar-refractivity contribution in [2.24, 2.45) is 0 Å². The first-order valence-electron chi connectivity index (χ1n) is 7.01. The van der Waals surface area contributed by atoms with Crippen molar-refractivity contribution in [2.75, 3.05) is 18.5 Å². The molecule has 4 nitrogen and oxygen atoms in total. The minimum atomic E-state index is 0.245. The van der Waals surface area contributed by atoms with E-state index in [9.17, 15) is 0 Å². The number of ether oxygens (including phenoxy) is 2. The summed E-state index contributed by atoms with van der Waals surface area (Å²) in [5.41, 5.74) is 1.02. The first-order valence-corrected chi connectivity index (χ1v) is 7.01. The molecular weight excluding hydrogens is 254 g/mol. The predicted molar refractivity (Wildman–Crippen MR) is 76.9 cm³/mol. The third-order valence-electron chi connectivity index (χ3n) is 3.34. The van der Waals surface area contributed by atoms with E-state index in [1.54, 1.807) is 6.26 Å². The smallest absolute Gasteiger partial charge is 0.122 e. The second-order valence-corrected chi connectivity index (χ2v) is 4.91. The highest BCUT2D eigenvalue weighted by Gasteiger charge is 2.15. The number of furan rings is 1. The number of benzene rings is 1. The maximum absolute atomic E-state index is 5.78. The lowest BCUT2D eigenvalue weighted by Crippen LogP contribution is -2.16. The minimum absolute atomic E-state index is 0.245. The summed E-state index contributed by atoms with van der Waals surface area (Å²) in [7, 11) is 0. The van der Waals surface area contributed by atoms with Gasteiger partial charge in [-0.05, 0) is 37.1 Å². The van der Waals surface area contributed by atoms with E-state index in [0.29, 0.717) is 13.2 Å². The molecule has 1 aromatic carbocycles. The zero-order valence-electron chi connectivity index (χ0n) is 11.4. The number of rotatable bonds is 6. The van der Waals surface area contributed by atoms with Crippen molar-refractivity contribution in [1.29, 1.82) is 0 Å². The topological polar surface area (TPSA) is 43.6 Å². The number of hydrogen-bond donors (Lipinski definition) is 1. The predicted octanol–water partition coefficient (Wildman–Crippen LogP) is 3.45. The summed E-state index contributed by atoms with van der Waals surface area (Å²) in [5.74, 6) is 1.78. The van der Waals surface area contributed by atoms with Crippen molar-refractivity contribution >= 4 is 5.69 Å². The van der Waals surface area contributed by atoms with Crippen LogP contribution in [-0.2, 0) is 11.3 Å². The summed E-state index contributed by atoms with van der Waals surface area (Å²) in [5, 5.41) is 3.31. The fraction of sp³-hybridized carbons (Fsp3) is 0.375. The molecule has 0 aliphatic carbocycles. The van der Waals surface area contributed by atoms with Crippen molar-refractivity contribution < 1.29 is 13.9 Å². The second kappa shape index (κ2) is 6.48. The van der Waals surface area contributed by atoms with Gasteiger partial charge in [-0.25, -0.2) is 0 Å². The van der Waals surface area contributed by atoms with Crippen LogP contribution >= 0.6 is 0 Å². The van der Waals surface area contributed by atoms with Gasteiger partial charge in [0, 0.05) is 18.4 Å². The first-order chi connectivity index (χ1) is 9.90. The highest BCUT2D eigenvalue weighted by Crippen LogP contribution is 2.20. The Labute approximate surface area is 118 Å². The van der Waals surface area contributed by atoms with Gasteiger partial charge in [-0.3, -0.25) is 0 Å². The van der Waals surface area contributed by atoms with Gasteiger partial charge in [0.05, 0.1) is 18.9 Å². The van der Waals surface area contributed by atoms with Gasteiger partial charge >= 0.3 is 0 Å². The van der Waals surface area contributed by atoms with Gasteiger partial charge in [0.15, 0.2) is 0 Å². The Morgan fingerprint density at radius 1 is 1.25 bits per heavy atom. The average Bonchev–Trinajstić information content (AvgIpc) is 3.17. The van der Waals surface area contributed by atoms with E-state index in [1.807, 2.05) is 36.4 Å². The third-order valence-corrected chi connectivity index (χ3v) is 3.34. The minimum Gasteiger partial charge on any atom is -0.491 e. The summed E-state index contributed by atoms with van der Waals surface area (Å²) in [6.07, 6.45) is 4.16. The number of hydrogen-bond acceptors (Lipinski definition) is 4. The Hall–Kier alpha value is -1.94. The van der Waals surface area contributed by atoms with Crippen LogP contribution in [0.15, 0.2) is 47.1 Å². The summed E-state index contributed by atoms with van der Waals surface area (Å²) >= 11 is 0. The zero-order chi connectivity index (χ0) is 13.6. The van der Waals surface area contributed by atoms with E-state index in [4.69, 9.17) is 13.9 Å². The first kappa shape index (κ1) is 13.1. The van der Waals surface area contributed by atoms with Crippen LogP contribution in [0.4, 0.5) is 5.69 Å². The molecule has 4 heteroatoms. The lowest BCUT2D eigenvalue weighted by atomic mass is 10.2. The normalized spacial score (nSPS) is 18.1. The molecule has 0 spiro atoms. The van der Waals surface area contributed by atoms with Gasteiger partial charge in [0.25, 0.3) is 0 Å². The molecule has 0 radical (unpaired) electrons. The largest absolute Gasteiger partial charge is 0.491 e. The molecule has 1 aliphatic heterocycles. The Morgan fingerprint density at radius 2 is 2.25 bits per heavy atom. The van der Waals surface area contributed by atoms with E-state index in [1.165, 1.54) is 0 Å². The van der Waals surface area contributed by atoms with Gasteiger partial charge in [-0.15, -0.1) is 0 Å². The Balaban J connectivity index is 1.52. The lowest BCUT2D eigenvalue weighted by molar-refractivity contribution is 0.0680. The molecule has 1 N–H and O–H groups in total. The Kier molecular flexibility index (Phi) is 4.23. The van der Waals surface area contributed by atoms with Crippen LogP contribution in [0.25, 0.3) is 0 Å². The average molecular weight is 273 g/mol. The van der Waals surface area contributed by atoms with Crippen molar-refractivity contribution in [3.05, 3.63) is 48.4 Å². The van der Waals surface area contributed by atoms with Crippen LogP contribution in [0.1, 0.15) is 18.6 Å². The van der Waals surface area contributed by atoms with Crippen LogP contribution in [0.2, 0.25) is 0 Å². The molecule has 3 rings (SSSR count). The van der Waals surface area contributed by atoms with Crippen molar-refractivity contribution in [1.82, 2.24) is 0 Å². The highest BCUT2D eigenvalue weighted by atomic mass is 16.5. The molecule has 1 aromatic heterocycles. The van der Waals surface area contributed by atoms with E-state index in [2.05, 4.69) is 5.32 Å². The number of anilines is 1. The van der Waals surface area contributed by atoms with Crippen molar-refractivity contribution in [3.63, 3.8) is 0 Å². The van der Waals surface area contributed by atoms with Gasteiger partial charge in [0.2, 0.25) is 0 Å². The van der Waals surface area contributed by atoms with Crippen LogP contribution in [0.3, 0.4) is 0 Å². The molecule has 1 aliphatic rings. The molecule has 2 aromatic rings. The van der Waals surface area contributed by atoms with Gasteiger partial charge < -0.3 is 19.2 Å². The summed E-state index contributed by atoms with van der Waals surface area (Å²) in [6, 6.07) is 11.8. The fourth-order valence-corrected chi connectivity index (χ4v) is 2.26. The molecule has 106 valence electrons. The van der Waals surface area contributed by atoms with E-state index in [0.717, 1.165) is 36.6 Å². The molecule has 1 saturated heterocycles. The summed E-state index contributed by atoms with van der Waals surface area (Å²) in [6.45, 7) is 2.16. The molecular formula is C16H19NO3. The fourth-order valence-electron chi connectivity index (χ4n) is 2.26. The number of nitrogens with one attached hydrogen (secondary N) is 1. The molecule has 0 amide bonds. The van der Waals surface area contributed by atoms with Gasteiger partial charge in [-0.1, -0.05) is 6.07 Å². The summed E-state index contributed by atoms with van der Waals surface area (Å²) < 4.78 is 16.6. The Morgan fingerprint density at radius 3 is 3.05 bits per heavy atom. The quantitative estimate of drug-likeness (QED) is 0.875. The Bertz CT molecular complexity index is 518. The SMILES string of the molecule is c1cc(NCc2ccco2)cc(OC[C@H]2CCCO2)c1. The molecule has 20 heavy (non-hydrogen) atoms. The standard InChI is InChI=1S/C16H19NO3/c1-4-13(17-11-15-6-2-8-18-15)10-14(5-1)20-12-16-7-3-9-19-16/h1-2,4-6,8,10,16-17H,3,7,9,11-12H2/t16-/m1/s1. The van der Waals surface area contributed by atoms with E-state index >= 15 is 0 Å². The van der Waals surface area contributed by atoms with Crippen LogP contribution < -0.4 is 10.1 Å². The summed E-state index contributed by atoms with van der Waals surface area (Å²) in [4.78, 5) is 0. The van der Waals surface area contributed by atoms with Crippen LogP contribution in [-0.4, -0.2) is 19.3 Å². The van der Waals surface area contributed by atoms with Crippen molar-refractivity contribution in [2.45, 2.75) is 25.5 Å². The molecule has 1 atom stereocenters. The lowest BCUT2D eigenvalue weighted by Gasteiger charge is -2.12. The van der Waals surface area contributed by atoms with Gasteiger partial charge in [0.1, 0.15) is 18.1 Å². The zero-order valence-corrected chi connectivity index (χ0v) is 11.4. The monoisotopic (exact) mass is 273 g/mol. The maximum atomic E-state index is 5.78. The van der Waals surface area contributed by atoms with Gasteiger partial charge in [-0.2, -0.15) is 0 Å². The van der Waals surface area contributed by atoms with Crippen LogP contribution in [0.5, 0.6) is 5.75 Å². The molecule has 0 unspecified atom stereocenters. The molecule has 2 heterocycles. The van der Waals surface area contributed by atoms with Crippen LogP contribution in [0, 0.1) is 0 Å². The third kappa shape index (κ3) is 3.54. The maximum Gasteiger partial charge on any atom is 0.122 e. The van der Waals surface area contributed by atoms with E-state index < -0.39 is 0 Å². The molecule has 1 fully saturated rings. The molecule has 0 bridgehead atoms. The second-order valence-electron chi connectivity index (χ2n) is 4.91.